The maximum absolute atomic E-state index is 10.1. The van der Waals surface area contributed by atoms with Crippen LogP contribution in [0, 0.1) is 0 Å². The first-order valence-corrected chi connectivity index (χ1v) is 15.0. The smallest absolute Gasteiger partial charge is 0.231 e. The molecule has 0 saturated carbocycles. The van der Waals surface area contributed by atoms with Gasteiger partial charge in [-0.1, -0.05) is 11.6 Å². The predicted molar refractivity (Wildman–Crippen MR) is 156 cm³/mol. The zero-order valence-corrected chi connectivity index (χ0v) is 23.3. The number of piperidine rings is 2. The summed E-state index contributed by atoms with van der Waals surface area (Å²) in [6.45, 7) is 3.96. The van der Waals surface area contributed by atoms with Crippen LogP contribution in [-0.2, 0) is 0 Å². The summed E-state index contributed by atoms with van der Waals surface area (Å²) in [5, 5.41) is 11.3. The quantitative estimate of drug-likeness (QED) is 0.258. The molecule has 0 aliphatic carbocycles. The van der Waals surface area contributed by atoms with Gasteiger partial charge in [0.05, 0.1) is 15.9 Å². The highest BCUT2D eigenvalue weighted by atomic mass is 35.5. The minimum Gasteiger partial charge on any atom is -0.507 e. The molecule has 2 aromatic heterocycles. The average Bonchev–Trinajstić information content (AvgIpc) is 3.35. The molecule has 2 aliphatic heterocycles. The van der Waals surface area contributed by atoms with Crippen LogP contribution in [0.2, 0.25) is 5.02 Å². The van der Waals surface area contributed by atoms with E-state index in [4.69, 9.17) is 31.5 Å². The van der Waals surface area contributed by atoms with E-state index < -0.39 is 0 Å². The highest BCUT2D eigenvalue weighted by Crippen LogP contribution is 2.36. The third kappa shape index (κ3) is 5.87. The van der Waals surface area contributed by atoms with Crippen molar-refractivity contribution in [2.45, 2.75) is 48.0 Å². The Bertz CT molecular complexity index is 1430. The molecule has 6 rings (SSSR count). The number of nitrogens with zero attached hydrogens (tertiary/aromatic N) is 7. The molecule has 196 valence electrons. The molecule has 0 spiro atoms. The van der Waals surface area contributed by atoms with Crippen LogP contribution in [0.3, 0.4) is 0 Å². The normalized spacial score (nSPS) is 16.6. The number of aliphatic imine (C=N–C) groups is 1. The second kappa shape index (κ2) is 11.4. The Kier molecular flexibility index (Phi) is 7.62. The van der Waals surface area contributed by atoms with Gasteiger partial charge < -0.3 is 14.9 Å². The number of hydrogen-bond donors (Lipinski definition) is 1. The molecule has 11 heteroatoms. The Balaban J connectivity index is 1.26. The molecule has 8 nitrogen and oxygen atoms in total. The maximum Gasteiger partial charge on any atom is 0.231 e. The number of benzene rings is 2. The molecule has 0 amide bonds. The van der Waals surface area contributed by atoms with E-state index in [2.05, 4.69) is 14.8 Å². The monoisotopic (exact) mass is 565 g/mol. The number of phenolic OH excluding ortho intramolecular Hbond substituents is 1. The van der Waals surface area contributed by atoms with Crippen molar-refractivity contribution in [2.24, 2.45) is 4.99 Å². The standard InChI is InChI=1S/C27H28ClN7OS2/c28-19-7-10-22(36)18(15-19)17-29-20-8-9-21-23(16-20)37-27(30-21)38-26-32-24(34-11-3-1-4-12-34)31-25(33-26)35-13-5-2-6-14-35/h7-10,15-17,36H,1-6,11-14H2. The van der Waals surface area contributed by atoms with Crippen molar-refractivity contribution in [1.82, 2.24) is 19.9 Å². The first-order valence-electron chi connectivity index (χ1n) is 13.0. The molecule has 0 unspecified atom stereocenters. The van der Waals surface area contributed by atoms with E-state index in [-0.39, 0.29) is 5.75 Å². The Hall–Kier alpha value is -2.95. The third-order valence-corrected chi connectivity index (χ3v) is 8.92. The molecule has 38 heavy (non-hydrogen) atoms. The topological polar surface area (TPSA) is 90.6 Å². The lowest BCUT2D eigenvalue weighted by atomic mass is 10.1. The largest absolute Gasteiger partial charge is 0.507 e. The molecule has 2 aromatic carbocycles. The van der Waals surface area contributed by atoms with E-state index >= 15 is 0 Å². The van der Waals surface area contributed by atoms with Crippen LogP contribution >= 0.6 is 34.7 Å². The number of fused-ring (bicyclic) bond motifs is 1. The summed E-state index contributed by atoms with van der Waals surface area (Å²) in [4.78, 5) is 28.6. The average molecular weight is 566 g/mol. The van der Waals surface area contributed by atoms with Crippen molar-refractivity contribution in [3.05, 3.63) is 47.0 Å². The van der Waals surface area contributed by atoms with Gasteiger partial charge >= 0.3 is 0 Å². The minimum atomic E-state index is 0.140. The summed E-state index contributed by atoms with van der Waals surface area (Å²) >= 11 is 9.14. The van der Waals surface area contributed by atoms with Crippen LogP contribution in [0.25, 0.3) is 10.2 Å². The fraction of sp³-hybridized carbons (Fsp3) is 0.370. The molecule has 4 heterocycles. The van der Waals surface area contributed by atoms with Gasteiger partial charge in [-0.25, -0.2) is 4.98 Å². The Morgan fingerprint density at radius 3 is 2.21 bits per heavy atom. The zero-order chi connectivity index (χ0) is 25.9. The molecule has 0 atom stereocenters. The summed E-state index contributed by atoms with van der Waals surface area (Å²) < 4.78 is 1.91. The lowest BCUT2D eigenvalue weighted by Crippen LogP contribution is -2.34. The van der Waals surface area contributed by atoms with Crippen molar-refractivity contribution in [2.75, 3.05) is 36.0 Å². The van der Waals surface area contributed by atoms with Crippen LogP contribution in [0.15, 0.2) is 50.9 Å². The number of phenols is 1. The van der Waals surface area contributed by atoms with Gasteiger partial charge in [-0.2, -0.15) is 15.0 Å². The number of aromatic hydroxyl groups is 1. The fourth-order valence-corrected chi connectivity index (χ4v) is 6.84. The summed E-state index contributed by atoms with van der Waals surface area (Å²) in [6.07, 6.45) is 8.84. The third-order valence-electron chi connectivity index (χ3n) is 6.74. The second-order valence-corrected chi connectivity index (χ2v) is 12.2. The van der Waals surface area contributed by atoms with Gasteiger partial charge in [0.1, 0.15) is 5.75 Å². The van der Waals surface area contributed by atoms with Crippen LogP contribution in [0.4, 0.5) is 17.6 Å². The van der Waals surface area contributed by atoms with Gasteiger partial charge in [-0.3, -0.25) is 4.99 Å². The Labute approximate surface area is 234 Å². The van der Waals surface area contributed by atoms with E-state index in [0.717, 1.165) is 58.3 Å². The van der Waals surface area contributed by atoms with Crippen molar-refractivity contribution >= 4 is 68.7 Å². The van der Waals surface area contributed by atoms with E-state index in [9.17, 15) is 5.11 Å². The lowest BCUT2D eigenvalue weighted by molar-refractivity contribution is 0.474. The molecule has 2 fully saturated rings. The van der Waals surface area contributed by atoms with E-state index in [1.807, 2.05) is 18.2 Å². The van der Waals surface area contributed by atoms with Crippen molar-refractivity contribution in [1.29, 1.82) is 0 Å². The van der Waals surface area contributed by atoms with Gasteiger partial charge in [0.25, 0.3) is 0 Å². The summed E-state index contributed by atoms with van der Waals surface area (Å²) in [5.41, 5.74) is 2.25. The predicted octanol–water partition coefficient (Wildman–Crippen LogP) is 6.72. The first-order chi connectivity index (χ1) is 18.6. The van der Waals surface area contributed by atoms with Gasteiger partial charge in [0, 0.05) is 43.0 Å². The van der Waals surface area contributed by atoms with Crippen LogP contribution < -0.4 is 9.80 Å². The van der Waals surface area contributed by atoms with Crippen LogP contribution in [-0.4, -0.2) is 57.4 Å². The number of hydrogen-bond acceptors (Lipinski definition) is 10. The van der Waals surface area contributed by atoms with Gasteiger partial charge in [-0.05, 0) is 86.7 Å². The highest BCUT2D eigenvalue weighted by molar-refractivity contribution is 8.01. The molecule has 0 bridgehead atoms. The summed E-state index contributed by atoms with van der Waals surface area (Å²) in [5.74, 6) is 1.70. The van der Waals surface area contributed by atoms with E-state index in [1.165, 1.54) is 50.3 Å². The van der Waals surface area contributed by atoms with Gasteiger partial charge in [0.2, 0.25) is 17.1 Å². The number of halogens is 1. The lowest BCUT2D eigenvalue weighted by Gasteiger charge is -2.30. The van der Waals surface area contributed by atoms with Crippen molar-refractivity contribution in [3.8, 4) is 5.75 Å². The van der Waals surface area contributed by atoms with Crippen LogP contribution in [0.1, 0.15) is 44.1 Å². The molecule has 4 aromatic rings. The summed E-state index contributed by atoms with van der Waals surface area (Å²) in [7, 11) is 0. The highest BCUT2D eigenvalue weighted by Gasteiger charge is 2.21. The Morgan fingerprint density at radius 1 is 0.842 bits per heavy atom. The zero-order valence-electron chi connectivity index (χ0n) is 20.9. The minimum absolute atomic E-state index is 0.140. The second-order valence-electron chi connectivity index (χ2n) is 9.51. The number of aromatic nitrogens is 4. The molecular weight excluding hydrogens is 538 g/mol. The van der Waals surface area contributed by atoms with Crippen molar-refractivity contribution < 1.29 is 5.11 Å². The summed E-state index contributed by atoms with van der Waals surface area (Å²) in [6, 6.07) is 10.8. The number of anilines is 2. The molecule has 2 saturated heterocycles. The van der Waals surface area contributed by atoms with Gasteiger partial charge in [0.15, 0.2) is 4.34 Å². The molecule has 2 aliphatic rings. The molecule has 0 radical (unpaired) electrons. The number of rotatable bonds is 6. The van der Waals surface area contributed by atoms with E-state index in [1.54, 1.807) is 35.8 Å². The first kappa shape index (κ1) is 25.3. The molecule has 1 N–H and O–H groups in total. The fourth-order valence-electron chi connectivity index (χ4n) is 4.72. The van der Waals surface area contributed by atoms with E-state index in [0.29, 0.717) is 15.7 Å². The van der Waals surface area contributed by atoms with Crippen molar-refractivity contribution in [3.63, 3.8) is 0 Å². The van der Waals surface area contributed by atoms with Gasteiger partial charge in [-0.15, -0.1) is 11.3 Å². The Morgan fingerprint density at radius 2 is 1.53 bits per heavy atom. The molecular formula is C27H28ClN7OS2. The van der Waals surface area contributed by atoms with Crippen LogP contribution in [0.5, 0.6) is 5.75 Å². The SMILES string of the molecule is Oc1ccc(Cl)cc1C=Nc1ccc2nc(Sc3nc(N4CCCCC4)nc(N4CCCCC4)n3)sc2c1. The number of thiazole rings is 1. The maximum atomic E-state index is 10.1.